The summed E-state index contributed by atoms with van der Waals surface area (Å²) < 4.78 is 16.9. The van der Waals surface area contributed by atoms with E-state index in [0.717, 1.165) is 0 Å². The normalized spacial score (nSPS) is 17.1. The average Bonchev–Trinajstić information content (AvgIpc) is 2.01. The van der Waals surface area contributed by atoms with Crippen LogP contribution in [0.1, 0.15) is 20.8 Å². The van der Waals surface area contributed by atoms with Crippen molar-refractivity contribution in [3.63, 3.8) is 0 Å². The molecule has 0 heterocycles. The molecule has 0 aromatic heterocycles. The monoisotopic (exact) mass is 217 g/mol. The first-order valence-corrected chi connectivity index (χ1v) is 6.57. The van der Waals surface area contributed by atoms with Gasteiger partial charge in [-0.15, -0.1) is 0 Å². The van der Waals surface area contributed by atoms with Gasteiger partial charge in [-0.05, 0) is 12.8 Å². The molecule has 0 N–H and O–H groups in total. The standard InChI is InChI=1S/C9H16NO3P/c1-7(2)6-13-14(4,12)9(5-10)8(3)11/h7,9H,6H2,1-4H3/t9-,14-/m0/s1. The lowest BCUT2D eigenvalue weighted by Gasteiger charge is -2.17. The van der Waals surface area contributed by atoms with Gasteiger partial charge in [0.1, 0.15) is 0 Å². The van der Waals surface area contributed by atoms with Crippen LogP contribution in [0.25, 0.3) is 0 Å². The number of nitrogens with zero attached hydrogens (tertiary/aromatic N) is 1. The van der Waals surface area contributed by atoms with Crippen molar-refractivity contribution in [1.82, 2.24) is 0 Å². The zero-order valence-electron chi connectivity index (χ0n) is 8.98. The molecule has 0 rings (SSSR count). The number of ketones is 1. The number of carbonyl (C=O) groups excluding carboxylic acids is 1. The Morgan fingerprint density at radius 2 is 2.07 bits per heavy atom. The smallest absolute Gasteiger partial charge is 0.224 e. The summed E-state index contributed by atoms with van der Waals surface area (Å²) in [5.74, 6) is -0.170. The highest BCUT2D eigenvalue weighted by atomic mass is 31.2. The Morgan fingerprint density at radius 3 is 2.36 bits per heavy atom. The molecule has 0 radical (unpaired) electrons. The van der Waals surface area contributed by atoms with Gasteiger partial charge < -0.3 is 4.52 Å². The summed E-state index contributed by atoms with van der Waals surface area (Å²) in [5.41, 5.74) is -1.12. The van der Waals surface area contributed by atoms with Crippen molar-refractivity contribution in [2.24, 2.45) is 5.92 Å². The molecule has 14 heavy (non-hydrogen) atoms. The predicted molar refractivity (Wildman–Crippen MR) is 54.4 cm³/mol. The molecule has 0 aliphatic carbocycles. The molecule has 4 nitrogen and oxygen atoms in total. The minimum atomic E-state index is -3.12. The molecule has 0 fully saturated rings. The van der Waals surface area contributed by atoms with Gasteiger partial charge in [0, 0.05) is 6.66 Å². The van der Waals surface area contributed by atoms with E-state index < -0.39 is 18.8 Å². The van der Waals surface area contributed by atoms with Gasteiger partial charge in [0.05, 0.1) is 12.7 Å². The molecular weight excluding hydrogens is 201 g/mol. The average molecular weight is 217 g/mol. The second-order valence-electron chi connectivity index (χ2n) is 3.74. The molecule has 2 atom stereocenters. The maximum absolute atomic E-state index is 11.8. The molecule has 0 aromatic rings. The van der Waals surface area contributed by atoms with Crippen LogP contribution in [0.4, 0.5) is 0 Å². The van der Waals surface area contributed by atoms with Gasteiger partial charge in [-0.1, -0.05) is 13.8 Å². The fourth-order valence-electron chi connectivity index (χ4n) is 0.898. The van der Waals surface area contributed by atoms with Gasteiger partial charge in [0.25, 0.3) is 0 Å². The number of nitriles is 1. The Kier molecular flexibility index (Phi) is 5.04. The van der Waals surface area contributed by atoms with E-state index in [1.54, 1.807) is 6.07 Å². The molecule has 0 bridgehead atoms. The first-order chi connectivity index (χ1) is 6.31. The lowest BCUT2D eigenvalue weighted by Crippen LogP contribution is -2.18. The van der Waals surface area contributed by atoms with Crippen LogP contribution in [0.5, 0.6) is 0 Å². The highest BCUT2D eigenvalue weighted by Gasteiger charge is 2.33. The minimum absolute atomic E-state index is 0.231. The summed E-state index contributed by atoms with van der Waals surface area (Å²) in [5, 5.41) is 8.67. The minimum Gasteiger partial charge on any atom is -0.327 e. The number of carbonyl (C=O) groups is 1. The molecule has 0 unspecified atom stereocenters. The SMILES string of the molecule is CC(=O)[C@H](C#N)[P@@](C)(=O)OCC(C)C. The Bertz CT molecular complexity index is 293. The Hall–Kier alpha value is -0.650. The second-order valence-corrected chi connectivity index (χ2v) is 6.33. The molecule has 0 aliphatic heterocycles. The summed E-state index contributed by atoms with van der Waals surface area (Å²) in [6, 6.07) is 1.73. The van der Waals surface area contributed by atoms with E-state index in [9.17, 15) is 9.36 Å². The number of Topliss-reactive ketones (excluding diaryl/α,β-unsaturated/α-hetero) is 1. The van der Waals surface area contributed by atoms with Crippen LogP contribution in [-0.2, 0) is 13.9 Å². The van der Waals surface area contributed by atoms with Crippen molar-refractivity contribution in [3.05, 3.63) is 0 Å². The first-order valence-electron chi connectivity index (χ1n) is 4.43. The van der Waals surface area contributed by atoms with Gasteiger partial charge >= 0.3 is 0 Å². The largest absolute Gasteiger partial charge is 0.327 e. The van der Waals surface area contributed by atoms with Crippen molar-refractivity contribution in [3.8, 4) is 6.07 Å². The van der Waals surface area contributed by atoms with Crippen LogP contribution in [-0.4, -0.2) is 24.7 Å². The van der Waals surface area contributed by atoms with Gasteiger partial charge in [-0.3, -0.25) is 9.36 Å². The van der Waals surface area contributed by atoms with Crippen molar-refractivity contribution >= 4 is 13.2 Å². The summed E-state index contributed by atoms with van der Waals surface area (Å²) >= 11 is 0. The quantitative estimate of drug-likeness (QED) is 0.661. The Balaban J connectivity index is 4.52. The molecule has 0 spiro atoms. The van der Waals surface area contributed by atoms with Gasteiger partial charge in [-0.25, -0.2) is 0 Å². The van der Waals surface area contributed by atoms with Crippen molar-refractivity contribution in [2.45, 2.75) is 26.4 Å². The topological polar surface area (TPSA) is 67.2 Å². The molecule has 0 amide bonds. The highest BCUT2D eigenvalue weighted by molar-refractivity contribution is 7.60. The van der Waals surface area contributed by atoms with Crippen LogP contribution in [0.2, 0.25) is 0 Å². The molecule has 0 aromatic carbocycles. The van der Waals surface area contributed by atoms with Gasteiger partial charge in [0.2, 0.25) is 7.37 Å². The number of hydrogen-bond donors (Lipinski definition) is 0. The van der Waals surface area contributed by atoms with E-state index in [0.29, 0.717) is 6.61 Å². The molecule has 0 saturated carbocycles. The fourth-order valence-corrected chi connectivity index (χ4v) is 2.51. The third-order valence-corrected chi connectivity index (χ3v) is 3.72. The van der Waals surface area contributed by atoms with Crippen molar-refractivity contribution < 1.29 is 13.9 Å². The first kappa shape index (κ1) is 13.4. The molecule has 5 heteroatoms. The highest BCUT2D eigenvalue weighted by Crippen LogP contribution is 2.48. The van der Waals surface area contributed by atoms with E-state index >= 15 is 0 Å². The van der Waals surface area contributed by atoms with E-state index in [4.69, 9.17) is 9.79 Å². The van der Waals surface area contributed by atoms with Crippen LogP contribution in [0.15, 0.2) is 0 Å². The number of hydrogen-bond acceptors (Lipinski definition) is 4. The van der Waals surface area contributed by atoms with Crippen LogP contribution in [0.3, 0.4) is 0 Å². The summed E-state index contributed by atoms with van der Waals surface area (Å²) in [7, 11) is -3.12. The maximum Gasteiger partial charge on any atom is 0.224 e. The second kappa shape index (κ2) is 5.29. The third kappa shape index (κ3) is 4.04. The van der Waals surface area contributed by atoms with Crippen molar-refractivity contribution in [2.75, 3.05) is 13.3 Å². The summed E-state index contributed by atoms with van der Waals surface area (Å²) in [6.07, 6.45) is 0. The number of rotatable bonds is 5. The third-order valence-electron chi connectivity index (χ3n) is 1.64. The van der Waals surface area contributed by atoms with Crippen molar-refractivity contribution in [1.29, 1.82) is 5.26 Å². The predicted octanol–water partition coefficient (Wildman–Crippen LogP) is 2.05. The zero-order valence-corrected chi connectivity index (χ0v) is 9.88. The van der Waals surface area contributed by atoms with E-state index in [1.807, 2.05) is 13.8 Å². The summed E-state index contributed by atoms with van der Waals surface area (Å²) in [6.45, 7) is 6.72. The van der Waals surface area contributed by atoms with Crippen LogP contribution >= 0.6 is 7.37 Å². The zero-order chi connectivity index (χ0) is 11.4. The lowest BCUT2D eigenvalue weighted by molar-refractivity contribution is -0.115. The fraction of sp³-hybridized carbons (Fsp3) is 0.778. The lowest BCUT2D eigenvalue weighted by atomic mass is 10.2. The maximum atomic E-state index is 11.8. The van der Waals surface area contributed by atoms with Gasteiger partial charge in [-0.2, -0.15) is 5.26 Å². The van der Waals surface area contributed by atoms with Gasteiger partial charge in [0.15, 0.2) is 11.4 Å². The summed E-state index contributed by atoms with van der Waals surface area (Å²) in [4.78, 5) is 11.0. The Labute approximate surface area is 84.7 Å². The molecule has 0 saturated heterocycles. The van der Waals surface area contributed by atoms with E-state index in [2.05, 4.69) is 0 Å². The van der Waals surface area contributed by atoms with E-state index in [-0.39, 0.29) is 5.92 Å². The van der Waals surface area contributed by atoms with Crippen LogP contribution < -0.4 is 0 Å². The molecular formula is C9H16NO3P. The molecule has 0 aliphatic rings. The van der Waals surface area contributed by atoms with E-state index in [1.165, 1.54) is 13.6 Å². The molecule has 80 valence electrons. The Morgan fingerprint density at radius 1 is 1.57 bits per heavy atom. The van der Waals surface area contributed by atoms with Crippen LogP contribution in [0, 0.1) is 17.2 Å².